The average Bonchev–Trinajstić information content (AvgIpc) is 3.09. The van der Waals surface area contributed by atoms with Crippen LogP contribution in [-0.4, -0.2) is 63.4 Å². The van der Waals surface area contributed by atoms with Crippen molar-refractivity contribution in [2.45, 2.75) is 51.7 Å². The van der Waals surface area contributed by atoms with Gasteiger partial charge < -0.3 is 14.5 Å². The lowest BCUT2D eigenvalue weighted by atomic mass is 9.99. The lowest BCUT2D eigenvalue weighted by Gasteiger charge is -2.38. The van der Waals surface area contributed by atoms with Crippen molar-refractivity contribution in [1.29, 1.82) is 0 Å². The molecule has 1 aromatic carbocycles. The number of likely N-dealkylation sites (N-methyl/N-ethyl adjacent to an activating group) is 1. The Morgan fingerprint density at radius 2 is 1.90 bits per heavy atom. The number of carbonyl (C=O) groups is 2. The molecule has 0 N–H and O–H groups in total. The molecule has 1 aliphatic heterocycles. The Balaban J connectivity index is 1.81. The van der Waals surface area contributed by atoms with Crippen LogP contribution >= 0.6 is 0 Å². The molecule has 3 rings (SSSR count). The van der Waals surface area contributed by atoms with Crippen molar-refractivity contribution in [3.63, 3.8) is 0 Å². The molecule has 2 heterocycles. The number of carbonyl (C=O) groups excluding carboxylic acids is 2. The largest absolute Gasteiger partial charge is 0.444 e. The molecule has 2 amide bonds. The Hall–Kier alpha value is -2.90. The number of rotatable bonds is 4. The fourth-order valence-electron chi connectivity index (χ4n) is 3.81. The molecule has 0 saturated carbocycles. The van der Waals surface area contributed by atoms with Gasteiger partial charge in [0, 0.05) is 45.0 Å². The summed E-state index contributed by atoms with van der Waals surface area (Å²) in [5.74, 6) is -0.510. The summed E-state index contributed by atoms with van der Waals surface area (Å²) >= 11 is 0. The van der Waals surface area contributed by atoms with Gasteiger partial charge in [0.15, 0.2) is 5.69 Å². The minimum Gasteiger partial charge on any atom is -0.444 e. The molecule has 1 fully saturated rings. The normalized spacial score (nSPS) is 16.8. The molecule has 1 saturated heterocycles. The van der Waals surface area contributed by atoms with Gasteiger partial charge in [0.25, 0.3) is 5.91 Å². The van der Waals surface area contributed by atoms with E-state index in [9.17, 15) is 14.0 Å². The van der Waals surface area contributed by atoms with Gasteiger partial charge in [-0.15, -0.1) is 0 Å². The molecule has 7 nitrogen and oxygen atoms in total. The van der Waals surface area contributed by atoms with E-state index in [1.54, 1.807) is 42.0 Å². The first-order valence-corrected chi connectivity index (χ1v) is 10.6. The Labute approximate surface area is 182 Å². The Morgan fingerprint density at radius 3 is 2.55 bits per heavy atom. The first kappa shape index (κ1) is 22.8. The number of benzene rings is 1. The van der Waals surface area contributed by atoms with Gasteiger partial charge in [-0.05, 0) is 57.7 Å². The number of hydrogen-bond donors (Lipinski definition) is 0. The summed E-state index contributed by atoms with van der Waals surface area (Å²) in [5, 5.41) is 4.41. The van der Waals surface area contributed by atoms with E-state index in [0.717, 1.165) is 24.8 Å². The van der Waals surface area contributed by atoms with Crippen molar-refractivity contribution >= 4 is 12.0 Å². The highest BCUT2D eigenvalue weighted by molar-refractivity contribution is 5.99. The smallest absolute Gasteiger partial charge is 0.410 e. The van der Waals surface area contributed by atoms with Crippen molar-refractivity contribution in [2.75, 3.05) is 20.1 Å². The monoisotopic (exact) mass is 430 g/mol. The van der Waals surface area contributed by atoms with Crippen LogP contribution in [0.25, 0.3) is 11.1 Å². The van der Waals surface area contributed by atoms with E-state index in [0.29, 0.717) is 24.3 Å². The first-order chi connectivity index (χ1) is 14.5. The number of halogens is 1. The fourth-order valence-corrected chi connectivity index (χ4v) is 3.81. The van der Waals surface area contributed by atoms with Gasteiger partial charge in [0.2, 0.25) is 0 Å². The maximum absolute atomic E-state index is 13.5. The van der Waals surface area contributed by atoms with Gasteiger partial charge in [-0.25, -0.2) is 9.18 Å². The predicted octanol–water partition coefficient (Wildman–Crippen LogP) is 4.09. The fraction of sp³-hybridized carbons (Fsp3) is 0.522. The minimum absolute atomic E-state index is 0.123. The molecular weight excluding hydrogens is 399 g/mol. The van der Waals surface area contributed by atoms with E-state index in [1.807, 2.05) is 20.8 Å². The van der Waals surface area contributed by atoms with Gasteiger partial charge in [0.1, 0.15) is 11.4 Å². The van der Waals surface area contributed by atoms with Crippen molar-refractivity contribution in [1.82, 2.24) is 19.6 Å². The third-order valence-electron chi connectivity index (χ3n) is 5.26. The third kappa shape index (κ3) is 5.62. The zero-order chi connectivity index (χ0) is 22.8. The number of aryl methyl sites for hydroxylation is 1. The highest BCUT2D eigenvalue weighted by atomic mass is 19.1. The number of amides is 2. The van der Waals surface area contributed by atoms with E-state index >= 15 is 0 Å². The number of piperidine rings is 1. The Morgan fingerprint density at radius 1 is 1.23 bits per heavy atom. The number of hydrogen-bond acceptors (Lipinski definition) is 4. The second-order valence-corrected chi connectivity index (χ2v) is 9.08. The van der Waals surface area contributed by atoms with Crippen LogP contribution in [0.5, 0.6) is 0 Å². The van der Waals surface area contributed by atoms with E-state index < -0.39 is 11.7 Å². The standard InChI is InChI=1S/C23H31FN4O3/c1-23(2,3)31-22(30)26(4)14-18-8-6-7-13-28(18)21(29)20-19(15-27(5)25-20)16-9-11-17(24)12-10-16/h9-12,15,18H,6-8,13-14H2,1-5H3/t18-/m0/s1. The molecule has 1 atom stereocenters. The molecule has 0 spiro atoms. The van der Waals surface area contributed by atoms with E-state index in [-0.39, 0.29) is 17.8 Å². The molecule has 8 heteroatoms. The molecule has 2 aromatic rings. The van der Waals surface area contributed by atoms with Gasteiger partial charge in [0.05, 0.1) is 0 Å². The summed E-state index contributed by atoms with van der Waals surface area (Å²) < 4.78 is 20.4. The van der Waals surface area contributed by atoms with Gasteiger partial charge >= 0.3 is 6.09 Å². The van der Waals surface area contributed by atoms with Crippen LogP contribution in [0.15, 0.2) is 30.5 Å². The van der Waals surface area contributed by atoms with Crippen LogP contribution < -0.4 is 0 Å². The highest BCUT2D eigenvalue weighted by Gasteiger charge is 2.33. The van der Waals surface area contributed by atoms with E-state index in [1.165, 1.54) is 17.0 Å². The summed E-state index contributed by atoms with van der Waals surface area (Å²) in [5.41, 5.74) is 1.15. The summed E-state index contributed by atoms with van der Waals surface area (Å²) in [7, 11) is 3.45. The third-order valence-corrected chi connectivity index (χ3v) is 5.26. The van der Waals surface area contributed by atoms with Crippen LogP contribution in [0.3, 0.4) is 0 Å². The second-order valence-electron chi connectivity index (χ2n) is 9.08. The maximum Gasteiger partial charge on any atom is 0.410 e. The topological polar surface area (TPSA) is 67.7 Å². The first-order valence-electron chi connectivity index (χ1n) is 10.6. The number of likely N-dealkylation sites (tertiary alicyclic amines) is 1. The molecule has 31 heavy (non-hydrogen) atoms. The van der Waals surface area contributed by atoms with Crippen LogP contribution in [0, 0.1) is 5.82 Å². The zero-order valence-corrected chi connectivity index (χ0v) is 18.9. The van der Waals surface area contributed by atoms with Crippen LogP contribution in [-0.2, 0) is 11.8 Å². The Bertz CT molecular complexity index is 933. The van der Waals surface area contributed by atoms with Gasteiger partial charge in [-0.1, -0.05) is 12.1 Å². The van der Waals surface area contributed by atoms with Crippen LogP contribution in [0.1, 0.15) is 50.5 Å². The average molecular weight is 431 g/mol. The van der Waals surface area contributed by atoms with Crippen molar-refractivity contribution < 1.29 is 18.7 Å². The van der Waals surface area contributed by atoms with E-state index in [2.05, 4.69) is 5.10 Å². The summed E-state index contributed by atoms with van der Waals surface area (Å²) in [6.45, 7) is 6.47. The van der Waals surface area contributed by atoms with Crippen molar-refractivity contribution in [3.05, 3.63) is 42.0 Å². The zero-order valence-electron chi connectivity index (χ0n) is 18.9. The Kier molecular flexibility index (Phi) is 6.67. The van der Waals surface area contributed by atoms with E-state index in [4.69, 9.17) is 4.74 Å². The summed E-state index contributed by atoms with van der Waals surface area (Å²) in [6, 6.07) is 5.91. The predicted molar refractivity (Wildman–Crippen MR) is 116 cm³/mol. The molecule has 168 valence electrons. The summed E-state index contributed by atoms with van der Waals surface area (Å²) in [4.78, 5) is 29.2. The number of nitrogens with zero attached hydrogens (tertiary/aromatic N) is 4. The van der Waals surface area contributed by atoms with Gasteiger partial charge in [-0.3, -0.25) is 9.48 Å². The molecule has 0 radical (unpaired) electrons. The lowest BCUT2D eigenvalue weighted by Crippen LogP contribution is -2.50. The maximum atomic E-state index is 13.5. The quantitative estimate of drug-likeness (QED) is 0.733. The molecule has 0 aliphatic carbocycles. The second kappa shape index (κ2) is 9.08. The molecule has 1 aromatic heterocycles. The van der Waals surface area contributed by atoms with Crippen molar-refractivity contribution in [2.24, 2.45) is 7.05 Å². The van der Waals surface area contributed by atoms with Gasteiger partial charge in [-0.2, -0.15) is 5.10 Å². The molecule has 0 bridgehead atoms. The SMILES string of the molecule is CN(C[C@@H]1CCCCN1C(=O)c1nn(C)cc1-c1ccc(F)cc1)C(=O)OC(C)(C)C. The van der Waals surface area contributed by atoms with Crippen LogP contribution in [0.2, 0.25) is 0 Å². The van der Waals surface area contributed by atoms with Crippen molar-refractivity contribution in [3.8, 4) is 11.1 Å². The molecule has 0 unspecified atom stereocenters. The summed E-state index contributed by atoms with van der Waals surface area (Å²) in [6.07, 6.45) is 4.06. The molecule has 1 aliphatic rings. The minimum atomic E-state index is -0.578. The van der Waals surface area contributed by atoms with Crippen LogP contribution in [0.4, 0.5) is 9.18 Å². The molecular formula is C23H31FN4O3. The highest BCUT2D eigenvalue weighted by Crippen LogP contribution is 2.27. The lowest BCUT2D eigenvalue weighted by molar-refractivity contribution is 0.0207. The number of aromatic nitrogens is 2. The number of ether oxygens (including phenoxy) is 1.